The molecule has 3 aromatic rings. The van der Waals surface area contributed by atoms with Crippen LogP contribution in [-0.2, 0) is 6.54 Å². The first-order valence-electron chi connectivity index (χ1n) is 7.32. The lowest BCUT2D eigenvalue weighted by atomic mass is 10.0. The van der Waals surface area contributed by atoms with Crippen LogP contribution in [0.5, 0.6) is 0 Å². The zero-order valence-electron chi connectivity index (χ0n) is 13.0. The molecule has 0 fully saturated rings. The van der Waals surface area contributed by atoms with Gasteiger partial charge in [0.05, 0.1) is 17.9 Å². The van der Waals surface area contributed by atoms with Crippen LogP contribution in [0.4, 0.5) is 5.69 Å². The average Bonchev–Trinajstić information content (AvgIpc) is 2.92. The van der Waals surface area contributed by atoms with Crippen molar-refractivity contribution in [2.24, 2.45) is 0 Å². The molecule has 0 aliphatic heterocycles. The first kappa shape index (κ1) is 14.1. The average molecular weight is 299 g/mol. The van der Waals surface area contributed by atoms with Crippen molar-refractivity contribution in [2.75, 3.05) is 5.32 Å². The van der Waals surface area contributed by atoms with Gasteiger partial charge in [0, 0.05) is 16.8 Å². The van der Waals surface area contributed by atoms with Crippen LogP contribution in [-0.4, -0.2) is 9.38 Å². The number of fused-ring (bicyclic) bond motifs is 1. The number of hydrogen-bond donors (Lipinski definition) is 1. The van der Waals surface area contributed by atoms with Gasteiger partial charge in [0.25, 0.3) is 0 Å². The Hall–Kier alpha value is -1.81. The summed E-state index contributed by atoms with van der Waals surface area (Å²) in [6.07, 6.45) is 2.17. The van der Waals surface area contributed by atoms with E-state index in [1.807, 2.05) is 0 Å². The fraction of sp³-hybridized carbons (Fsp3) is 0.353. The maximum atomic E-state index is 4.63. The fourth-order valence-corrected chi connectivity index (χ4v) is 3.41. The topological polar surface area (TPSA) is 29.3 Å². The van der Waals surface area contributed by atoms with E-state index in [1.165, 1.54) is 21.8 Å². The molecule has 2 aromatic heterocycles. The Balaban J connectivity index is 1.83. The van der Waals surface area contributed by atoms with Gasteiger partial charge in [-0.3, -0.25) is 4.40 Å². The number of rotatable bonds is 4. The minimum absolute atomic E-state index is 0.551. The van der Waals surface area contributed by atoms with Gasteiger partial charge >= 0.3 is 0 Å². The molecule has 21 heavy (non-hydrogen) atoms. The molecule has 0 saturated carbocycles. The third-order valence-corrected chi connectivity index (χ3v) is 4.65. The summed E-state index contributed by atoms with van der Waals surface area (Å²) in [5.74, 6) is 0.551. The third kappa shape index (κ3) is 2.81. The summed E-state index contributed by atoms with van der Waals surface area (Å²) in [6.45, 7) is 9.44. The van der Waals surface area contributed by atoms with Crippen LogP contribution >= 0.6 is 11.3 Å². The molecule has 0 aliphatic rings. The van der Waals surface area contributed by atoms with Crippen LogP contribution in [0.3, 0.4) is 0 Å². The summed E-state index contributed by atoms with van der Waals surface area (Å²) in [5.41, 5.74) is 4.88. The maximum absolute atomic E-state index is 4.63. The van der Waals surface area contributed by atoms with Crippen molar-refractivity contribution in [2.45, 2.75) is 40.2 Å². The minimum atomic E-state index is 0.551. The molecule has 0 atom stereocenters. The summed E-state index contributed by atoms with van der Waals surface area (Å²) < 4.78 is 2.20. The third-order valence-electron chi connectivity index (χ3n) is 3.75. The fourth-order valence-electron chi connectivity index (χ4n) is 2.52. The molecule has 110 valence electrons. The number of aromatic nitrogens is 2. The van der Waals surface area contributed by atoms with Gasteiger partial charge in [-0.15, -0.1) is 11.3 Å². The molecular formula is C17H21N3S. The molecule has 3 rings (SSSR count). The monoisotopic (exact) mass is 299 g/mol. The molecule has 0 spiro atoms. The number of thiazole rings is 1. The van der Waals surface area contributed by atoms with E-state index in [0.29, 0.717) is 5.92 Å². The molecule has 0 saturated heterocycles. The number of benzene rings is 1. The predicted molar refractivity (Wildman–Crippen MR) is 90.4 cm³/mol. The summed E-state index contributed by atoms with van der Waals surface area (Å²) in [6, 6.07) is 8.65. The highest BCUT2D eigenvalue weighted by Gasteiger charge is 2.10. The zero-order chi connectivity index (χ0) is 15.0. The van der Waals surface area contributed by atoms with Gasteiger partial charge in [-0.25, -0.2) is 4.98 Å². The van der Waals surface area contributed by atoms with E-state index in [0.717, 1.165) is 17.2 Å². The second-order valence-electron chi connectivity index (χ2n) is 5.77. The van der Waals surface area contributed by atoms with E-state index in [4.69, 9.17) is 0 Å². The van der Waals surface area contributed by atoms with Gasteiger partial charge in [0.1, 0.15) is 0 Å². The summed E-state index contributed by atoms with van der Waals surface area (Å²) in [7, 11) is 0. The lowest BCUT2D eigenvalue weighted by Gasteiger charge is -2.10. The van der Waals surface area contributed by atoms with E-state index in [-0.39, 0.29) is 0 Å². The molecular weight excluding hydrogens is 278 g/mol. The molecule has 0 aliphatic carbocycles. The summed E-state index contributed by atoms with van der Waals surface area (Å²) in [5, 5.41) is 3.53. The highest BCUT2D eigenvalue weighted by molar-refractivity contribution is 7.17. The number of hydrogen-bond acceptors (Lipinski definition) is 3. The second-order valence-corrected chi connectivity index (χ2v) is 6.99. The van der Waals surface area contributed by atoms with Crippen LogP contribution in [0, 0.1) is 13.8 Å². The van der Waals surface area contributed by atoms with E-state index < -0.39 is 0 Å². The van der Waals surface area contributed by atoms with Gasteiger partial charge in [-0.1, -0.05) is 26.0 Å². The normalized spacial score (nSPS) is 11.5. The van der Waals surface area contributed by atoms with Crippen molar-refractivity contribution in [3.8, 4) is 0 Å². The molecule has 0 unspecified atom stereocenters. The molecule has 4 heteroatoms. The largest absolute Gasteiger partial charge is 0.379 e. The molecule has 0 radical (unpaired) electrons. The maximum Gasteiger partial charge on any atom is 0.194 e. The number of nitrogens with one attached hydrogen (secondary N) is 1. The van der Waals surface area contributed by atoms with Crippen molar-refractivity contribution < 1.29 is 0 Å². The van der Waals surface area contributed by atoms with E-state index in [9.17, 15) is 0 Å². The quantitative estimate of drug-likeness (QED) is 0.753. The van der Waals surface area contributed by atoms with E-state index in [2.05, 4.69) is 72.9 Å². The zero-order valence-corrected chi connectivity index (χ0v) is 13.8. The Morgan fingerprint density at radius 3 is 2.86 bits per heavy atom. The summed E-state index contributed by atoms with van der Waals surface area (Å²) >= 11 is 1.74. The molecule has 0 bridgehead atoms. The van der Waals surface area contributed by atoms with Crippen molar-refractivity contribution in [3.63, 3.8) is 0 Å². The molecule has 1 aromatic carbocycles. The molecule has 3 nitrogen and oxygen atoms in total. The van der Waals surface area contributed by atoms with Crippen LogP contribution < -0.4 is 5.32 Å². The van der Waals surface area contributed by atoms with Gasteiger partial charge in [-0.05, 0) is 37.5 Å². The van der Waals surface area contributed by atoms with Gasteiger partial charge in [-0.2, -0.15) is 0 Å². The first-order valence-corrected chi connectivity index (χ1v) is 8.14. The standard InChI is InChI=1S/C17H21N3S/c1-11(2)14-6-5-7-15(8-14)18-9-16-13(4)19-17-20(16)10-12(3)21-17/h5-8,10-11,18H,9H2,1-4H3. The van der Waals surface area contributed by atoms with E-state index in [1.54, 1.807) is 11.3 Å². The first-order chi connectivity index (χ1) is 10.0. The number of aryl methyl sites for hydroxylation is 2. The Kier molecular flexibility index (Phi) is 3.72. The molecule has 2 heterocycles. The Labute approximate surface area is 129 Å². The Morgan fingerprint density at radius 1 is 1.29 bits per heavy atom. The van der Waals surface area contributed by atoms with Crippen LogP contribution in [0.2, 0.25) is 0 Å². The number of imidazole rings is 1. The highest BCUT2D eigenvalue weighted by atomic mass is 32.1. The summed E-state index contributed by atoms with van der Waals surface area (Å²) in [4.78, 5) is 7.01. The smallest absolute Gasteiger partial charge is 0.194 e. The lowest BCUT2D eigenvalue weighted by Crippen LogP contribution is -2.04. The predicted octanol–water partition coefficient (Wildman–Crippen LogP) is 4.75. The van der Waals surface area contributed by atoms with Crippen molar-refractivity contribution in [3.05, 3.63) is 52.3 Å². The van der Waals surface area contributed by atoms with Gasteiger partial charge in [0.2, 0.25) is 0 Å². The van der Waals surface area contributed by atoms with Crippen molar-refractivity contribution >= 4 is 22.0 Å². The Bertz CT molecular complexity index is 768. The molecule has 0 amide bonds. The Morgan fingerprint density at radius 2 is 2.10 bits per heavy atom. The SMILES string of the molecule is Cc1cn2c(CNc3cccc(C(C)C)c3)c(C)nc2s1. The minimum Gasteiger partial charge on any atom is -0.379 e. The lowest BCUT2D eigenvalue weighted by molar-refractivity contribution is 0.866. The molecule has 1 N–H and O–H groups in total. The number of nitrogens with zero attached hydrogens (tertiary/aromatic N) is 2. The van der Waals surface area contributed by atoms with Crippen LogP contribution in [0.25, 0.3) is 4.96 Å². The number of anilines is 1. The highest BCUT2D eigenvalue weighted by Crippen LogP contribution is 2.23. The van der Waals surface area contributed by atoms with Crippen LogP contribution in [0.15, 0.2) is 30.5 Å². The van der Waals surface area contributed by atoms with E-state index >= 15 is 0 Å². The van der Waals surface area contributed by atoms with Gasteiger partial charge in [0.15, 0.2) is 4.96 Å². The second kappa shape index (κ2) is 5.53. The van der Waals surface area contributed by atoms with Crippen LogP contribution in [0.1, 0.15) is 41.6 Å². The van der Waals surface area contributed by atoms with Gasteiger partial charge < -0.3 is 5.32 Å². The van der Waals surface area contributed by atoms with Crippen molar-refractivity contribution in [1.29, 1.82) is 0 Å². The van der Waals surface area contributed by atoms with Crippen molar-refractivity contribution in [1.82, 2.24) is 9.38 Å².